The molecule has 2 aromatic rings. The van der Waals surface area contributed by atoms with Gasteiger partial charge in [0.05, 0.1) is 12.3 Å². The molecular weight excluding hydrogens is 212 g/mol. The zero-order valence-corrected chi connectivity index (χ0v) is 9.04. The summed E-state index contributed by atoms with van der Waals surface area (Å²) in [4.78, 5) is 8.28. The van der Waals surface area contributed by atoms with Crippen molar-refractivity contribution in [2.75, 3.05) is 14.2 Å². The second-order valence-electron chi connectivity index (χ2n) is 3.21. The van der Waals surface area contributed by atoms with Gasteiger partial charge in [0.2, 0.25) is 5.88 Å². The number of hydrogen-bond donors (Lipinski definition) is 1. The molecule has 7 heteroatoms. The summed E-state index contributed by atoms with van der Waals surface area (Å²) >= 11 is 0. The molecule has 0 saturated heterocycles. The number of aromatic hydroxyl groups is 1. The lowest BCUT2D eigenvalue weighted by Gasteiger charge is -2.00. The Hall–Kier alpha value is -1.73. The minimum absolute atomic E-state index is 0.0214. The van der Waals surface area contributed by atoms with E-state index in [0.717, 1.165) is 0 Å². The summed E-state index contributed by atoms with van der Waals surface area (Å²) < 4.78 is 11.1. The van der Waals surface area contributed by atoms with E-state index in [-0.39, 0.29) is 12.5 Å². The van der Waals surface area contributed by atoms with E-state index < -0.39 is 0 Å². The molecule has 0 aliphatic rings. The average molecular weight is 224 g/mol. The Bertz CT molecular complexity index is 497. The molecule has 0 aromatic carbocycles. The van der Waals surface area contributed by atoms with Gasteiger partial charge in [0.1, 0.15) is 6.61 Å². The lowest BCUT2D eigenvalue weighted by atomic mass is 10.4. The van der Waals surface area contributed by atoms with Gasteiger partial charge in [-0.1, -0.05) is 0 Å². The lowest BCUT2D eigenvalue weighted by molar-refractivity contribution is 0.178. The van der Waals surface area contributed by atoms with E-state index in [1.807, 2.05) is 0 Å². The Labute approximate surface area is 91.7 Å². The van der Waals surface area contributed by atoms with Crippen molar-refractivity contribution in [1.82, 2.24) is 19.6 Å². The van der Waals surface area contributed by atoms with Gasteiger partial charge in [0.25, 0.3) is 5.78 Å². The van der Waals surface area contributed by atoms with Crippen LogP contribution in [0.1, 0.15) is 11.5 Å². The van der Waals surface area contributed by atoms with Crippen LogP contribution in [0.25, 0.3) is 5.78 Å². The number of ether oxygens (including phenoxy) is 2. The molecule has 0 spiro atoms. The Balaban J connectivity index is 2.45. The number of hydrogen-bond acceptors (Lipinski definition) is 6. The van der Waals surface area contributed by atoms with Crippen LogP contribution in [0, 0.1) is 0 Å². The number of aromatic nitrogens is 4. The van der Waals surface area contributed by atoms with Gasteiger partial charge in [-0.3, -0.25) is 0 Å². The van der Waals surface area contributed by atoms with E-state index in [9.17, 15) is 5.11 Å². The van der Waals surface area contributed by atoms with E-state index in [1.54, 1.807) is 14.2 Å². The van der Waals surface area contributed by atoms with E-state index in [4.69, 9.17) is 9.47 Å². The Kier molecular flexibility index (Phi) is 2.97. The van der Waals surface area contributed by atoms with Gasteiger partial charge in [0, 0.05) is 20.3 Å². The fourth-order valence-corrected chi connectivity index (χ4v) is 1.35. The molecular formula is C9H12N4O3. The van der Waals surface area contributed by atoms with E-state index in [0.29, 0.717) is 23.9 Å². The van der Waals surface area contributed by atoms with Crippen molar-refractivity contribution in [3.05, 3.63) is 17.6 Å². The maximum absolute atomic E-state index is 9.68. The molecule has 0 aliphatic heterocycles. The molecule has 0 amide bonds. The largest absolute Gasteiger partial charge is 0.493 e. The van der Waals surface area contributed by atoms with Gasteiger partial charge in [-0.05, 0) is 0 Å². The van der Waals surface area contributed by atoms with Crippen LogP contribution in [0.2, 0.25) is 0 Å². The first-order valence-corrected chi connectivity index (χ1v) is 4.67. The van der Waals surface area contributed by atoms with Gasteiger partial charge in [-0.15, -0.1) is 5.10 Å². The summed E-state index contributed by atoms with van der Waals surface area (Å²) in [6.45, 7) is 0.596. The summed E-state index contributed by atoms with van der Waals surface area (Å²) in [5.41, 5.74) is 0.601. The molecule has 0 aliphatic carbocycles. The predicted molar refractivity (Wildman–Crippen MR) is 53.9 cm³/mol. The molecule has 86 valence electrons. The Morgan fingerprint density at radius 3 is 2.69 bits per heavy atom. The molecule has 0 atom stereocenters. The van der Waals surface area contributed by atoms with Gasteiger partial charge < -0.3 is 14.6 Å². The highest BCUT2D eigenvalue weighted by Crippen LogP contribution is 2.13. The quantitative estimate of drug-likeness (QED) is 0.794. The predicted octanol–water partition coefficient (Wildman–Crippen LogP) is 0.123. The second kappa shape index (κ2) is 4.42. The van der Waals surface area contributed by atoms with Crippen molar-refractivity contribution in [2.24, 2.45) is 0 Å². The summed E-state index contributed by atoms with van der Waals surface area (Å²) in [5.74, 6) is 0.783. The molecule has 16 heavy (non-hydrogen) atoms. The standard InChI is InChI=1S/C9H12N4O3/c1-15-4-6-3-8(14)13-9(10-6)11-7(12-13)5-16-2/h3,14H,4-5H2,1-2H3. The van der Waals surface area contributed by atoms with Crippen LogP contribution in [0.4, 0.5) is 0 Å². The zero-order chi connectivity index (χ0) is 11.5. The molecule has 2 aromatic heterocycles. The first-order valence-electron chi connectivity index (χ1n) is 4.67. The molecule has 0 fully saturated rings. The highest BCUT2D eigenvalue weighted by Gasteiger charge is 2.09. The maximum Gasteiger partial charge on any atom is 0.256 e. The topological polar surface area (TPSA) is 81.8 Å². The third-order valence-corrected chi connectivity index (χ3v) is 1.96. The van der Waals surface area contributed by atoms with Crippen LogP contribution in [0.5, 0.6) is 5.88 Å². The van der Waals surface area contributed by atoms with Crippen LogP contribution >= 0.6 is 0 Å². The van der Waals surface area contributed by atoms with Crippen LogP contribution < -0.4 is 0 Å². The van der Waals surface area contributed by atoms with Gasteiger partial charge >= 0.3 is 0 Å². The monoisotopic (exact) mass is 224 g/mol. The third kappa shape index (κ3) is 1.95. The van der Waals surface area contributed by atoms with Crippen LogP contribution in [0.3, 0.4) is 0 Å². The van der Waals surface area contributed by atoms with Crippen molar-refractivity contribution in [3.8, 4) is 5.88 Å². The van der Waals surface area contributed by atoms with Crippen molar-refractivity contribution in [3.63, 3.8) is 0 Å². The van der Waals surface area contributed by atoms with Crippen molar-refractivity contribution < 1.29 is 14.6 Å². The van der Waals surface area contributed by atoms with Gasteiger partial charge in [0.15, 0.2) is 5.82 Å². The molecule has 2 heterocycles. The lowest BCUT2D eigenvalue weighted by Crippen LogP contribution is -1.98. The number of fused-ring (bicyclic) bond motifs is 1. The number of rotatable bonds is 4. The fraction of sp³-hybridized carbons (Fsp3) is 0.444. The van der Waals surface area contributed by atoms with Crippen LogP contribution in [0.15, 0.2) is 6.07 Å². The number of methoxy groups -OCH3 is 2. The average Bonchev–Trinajstić information content (AvgIpc) is 2.62. The first-order chi connectivity index (χ1) is 7.74. The zero-order valence-electron chi connectivity index (χ0n) is 9.04. The molecule has 0 radical (unpaired) electrons. The Morgan fingerprint density at radius 1 is 1.25 bits per heavy atom. The highest BCUT2D eigenvalue weighted by molar-refractivity contribution is 5.33. The smallest absolute Gasteiger partial charge is 0.256 e. The summed E-state index contributed by atoms with van der Waals surface area (Å²) in [6, 6.07) is 1.49. The van der Waals surface area contributed by atoms with Gasteiger partial charge in [-0.2, -0.15) is 9.50 Å². The number of nitrogens with zero attached hydrogens (tertiary/aromatic N) is 4. The van der Waals surface area contributed by atoms with Gasteiger partial charge in [-0.25, -0.2) is 4.98 Å². The minimum atomic E-state index is -0.0214. The fourth-order valence-electron chi connectivity index (χ4n) is 1.35. The second-order valence-corrected chi connectivity index (χ2v) is 3.21. The van der Waals surface area contributed by atoms with E-state index in [2.05, 4.69) is 15.1 Å². The molecule has 7 nitrogen and oxygen atoms in total. The molecule has 1 N–H and O–H groups in total. The Morgan fingerprint density at radius 2 is 2.00 bits per heavy atom. The van der Waals surface area contributed by atoms with E-state index in [1.165, 1.54) is 10.6 Å². The minimum Gasteiger partial charge on any atom is -0.493 e. The maximum atomic E-state index is 9.68. The SMILES string of the molecule is COCc1cc(O)n2nc(COC)nc2n1. The van der Waals surface area contributed by atoms with Crippen molar-refractivity contribution >= 4 is 5.78 Å². The molecule has 0 bridgehead atoms. The normalized spacial score (nSPS) is 11.1. The summed E-state index contributed by atoms with van der Waals surface area (Å²) in [5, 5.41) is 13.7. The van der Waals surface area contributed by atoms with Crippen molar-refractivity contribution in [2.45, 2.75) is 13.2 Å². The summed E-state index contributed by atoms with van der Waals surface area (Å²) in [7, 11) is 3.11. The third-order valence-electron chi connectivity index (χ3n) is 1.96. The molecule has 0 unspecified atom stereocenters. The molecule has 0 saturated carbocycles. The molecule has 2 rings (SSSR count). The first kappa shape index (κ1) is 10.8. The van der Waals surface area contributed by atoms with Crippen LogP contribution in [-0.4, -0.2) is 38.9 Å². The van der Waals surface area contributed by atoms with E-state index >= 15 is 0 Å². The van der Waals surface area contributed by atoms with Crippen molar-refractivity contribution in [1.29, 1.82) is 0 Å². The van der Waals surface area contributed by atoms with Crippen LogP contribution in [-0.2, 0) is 22.7 Å². The summed E-state index contributed by atoms with van der Waals surface area (Å²) in [6.07, 6.45) is 0. The highest BCUT2D eigenvalue weighted by atomic mass is 16.5.